The van der Waals surface area contributed by atoms with E-state index in [0.717, 1.165) is 17.7 Å². The SMILES string of the molecule is CS(=O)c1ccc(C2CCCC=CN2)cc1. The van der Waals surface area contributed by atoms with Gasteiger partial charge in [0.2, 0.25) is 0 Å². The zero-order chi connectivity index (χ0) is 11.4. The van der Waals surface area contributed by atoms with Gasteiger partial charge >= 0.3 is 0 Å². The summed E-state index contributed by atoms with van der Waals surface area (Å²) in [4.78, 5) is 0.896. The van der Waals surface area contributed by atoms with E-state index in [1.807, 2.05) is 18.3 Å². The summed E-state index contributed by atoms with van der Waals surface area (Å²) in [6.07, 6.45) is 9.46. The van der Waals surface area contributed by atoms with Gasteiger partial charge in [0.05, 0.1) is 6.04 Å². The molecule has 0 bridgehead atoms. The third-order valence-corrected chi connectivity index (χ3v) is 3.83. The zero-order valence-corrected chi connectivity index (χ0v) is 10.3. The first-order valence-electron chi connectivity index (χ1n) is 5.62. The van der Waals surface area contributed by atoms with Crippen LogP contribution in [0.3, 0.4) is 0 Å². The second-order valence-corrected chi connectivity index (χ2v) is 5.46. The van der Waals surface area contributed by atoms with Crippen molar-refractivity contribution in [2.75, 3.05) is 6.26 Å². The largest absolute Gasteiger partial charge is 0.384 e. The molecule has 0 saturated carbocycles. The van der Waals surface area contributed by atoms with Gasteiger partial charge in [0.1, 0.15) is 0 Å². The summed E-state index contributed by atoms with van der Waals surface area (Å²) < 4.78 is 11.3. The number of hydrogen-bond acceptors (Lipinski definition) is 2. The molecule has 1 heterocycles. The molecule has 0 amide bonds. The average Bonchev–Trinajstić information content (AvgIpc) is 2.57. The Morgan fingerprint density at radius 2 is 2.06 bits per heavy atom. The molecular weight excluding hydrogens is 218 g/mol. The first-order valence-corrected chi connectivity index (χ1v) is 7.17. The highest BCUT2D eigenvalue weighted by atomic mass is 32.2. The minimum atomic E-state index is -0.880. The van der Waals surface area contributed by atoms with Crippen molar-refractivity contribution in [3.63, 3.8) is 0 Å². The van der Waals surface area contributed by atoms with Crippen LogP contribution in [-0.2, 0) is 10.8 Å². The van der Waals surface area contributed by atoms with Crippen LogP contribution in [0.5, 0.6) is 0 Å². The maximum absolute atomic E-state index is 11.3. The molecule has 2 rings (SSSR count). The third-order valence-electron chi connectivity index (χ3n) is 2.89. The van der Waals surface area contributed by atoms with Crippen LogP contribution in [0, 0.1) is 0 Å². The van der Waals surface area contributed by atoms with Crippen LogP contribution in [0.25, 0.3) is 0 Å². The molecule has 0 aromatic heterocycles. The fraction of sp³-hybridized carbons (Fsp3) is 0.385. The van der Waals surface area contributed by atoms with Crippen LogP contribution in [0.2, 0.25) is 0 Å². The van der Waals surface area contributed by atoms with Gasteiger partial charge in [-0.25, -0.2) is 0 Å². The number of hydrogen-bond donors (Lipinski definition) is 1. The Balaban J connectivity index is 2.14. The molecule has 2 unspecified atom stereocenters. The van der Waals surface area contributed by atoms with E-state index in [1.165, 1.54) is 12.0 Å². The summed E-state index contributed by atoms with van der Waals surface area (Å²) in [5.41, 5.74) is 1.28. The van der Waals surface area contributed by atoms with Crippen molar-refractivity contribution in [2.45, 2.75) is 30.2 Å². The summed E-state index contributed by atoms with van der Waals surface area (Å²) in [6, 6.07) is 8.47. The van der Waals surface area contributed by atoms with Gasteiger partial charge in [-0.05, 0) is 43.2 Å². The van der Waals surface area contributed by atoms with Crippen molar-refractivity contribution < 1.29 is 4.21 Å². The molecule has 0 spiro atoms. The minimum Gasteiger partial charge on any atom is -0.384 e. The predicted octanol–water partition coefficient (Wildman–Crippen LogP) is 2.75. The third kappa shape index (κ3) is 2.73. The Morgan fingerprint density at radius 1 is 1.31 bits per heavy atom. The van der Waals surface area contributed by atoms with Crippen LogP contribution in [-0.4, -0.2) is 10.5 Å². The fourth-order valence-electron chi connectivity index (χ4n) is 1.95. The number of benzene rings is 1. The molecule has 1 aromatic carbocycles. The number of allylic oxidation sites excluding steroid dienone is 1. The Labute approximate surface area is 99.2 Å². The quantitative estimate of drug-likeness (QED) is 0.854. The smallest absolute Gasteiger partial charge is 0.0508 e. The molecule has 16 heavy (non-hydrogen) atoms. The van der Waals surface area contributed by atoms with Crippen molar-refractivity contribution >= 4 is 10.8 Å². The van der Waals surface area contributed by atoms with Crippen LogP contribution in [0.4, 0.5) is 0 Å². The Kier molecular flexibility index (Phi) is 3.78. The van der Waals surface area contributed by atoms with E-state index in [-0.39, 0.29) is 0 Å². The Morgan fingerprint density at radius 3 is 2.75 bits per heavy atom. The minimum absolute atomic E-state index is 0.401. The first kappa shape index (κ1) is 11.4. The molecule has 1 aromatic rings. The molecule has 2 nitrogen and oxygen atoms in total. The van der Waals surface area contributed by atoms with E-state index in [2.05, 4.69) is 23.5 Å². The highest BCUT2D eigenvalue weighted by Gasteiger charge is 2.10. The predicted molar refractivity (Wildman–Crippen MR) is 67.6 cm³/mol. The second kappa shape index (κ2) is 5.30. The van der Waals surface area contributed by atoms with Gasteiger partial charge in [0.15, 0.2) is 0 Å². The van der Waals surface area contributed by atoms with Gasteiger partial charge in [0, 0.05) is 22.0 Å². The maximum atomic E-state index is 11.3. The van der Waals surface area contributed by atoms with Crippen LogP contribution < -0.4 is 5.32 Å². The van der Waals surface area contributed by atoms with E-state index in [0.29, 0.717) is 6.04 Å². The lowest BCUT2D eigenvalue weighted by Gasteiger charge is -2.16. The van der Waals surface area contributed by atoms with Gasteiger partial charge in [0.25, 0.3) is 0 Å². The highest BCUT2D eigenvalue weighted by molar-refractivity contribution is 7.84. The normalized spacial score (nSPS) is 22.2. The lowest BCUT2D eigenvalue weighted by atomic mass is 10.0. The first-order chi connectivity index (χ1) is 7.77. The molecule has 0 aliphatic carbocycles. The van der Waals surface area contributed by atoms with Crippen LogP contribution >= 0.6 is 0 Å². The molecule has 1 aliphatic heterocycles. The average molecular weight is 235 g/mol. The van der Waals surface area contributed by atoms with Crippen molar-refractivity contribution in [3.05, 3.63) is 42.1 Å². The van der Waals surface area contributed by atoms with Crippen molar-refractivity contribution in [2.24, 2.45) is 0 Å². The highest BCUT2D eigenvalue weighted by Crippen LogP contribution is 2.22. The topological polar surface area (TPSA) is 29.1 Å². The lowest BCUT2D eigenvalue weighted by molar-refractivity contribution is 0.565. The van der Waals surface area contributed by atoms with Crippen LogP contribution in [0.1, 0.15) is 30.9 Å². The molecule has 86 valence electrons. The van der Waals surface area contributed by atoms with Gasteiger partial charge in [-0.15, -0.1) is 0 Å². The standard InChI is InChI=1S/C13H17NOS/c1-16(15)12-8-6-11(7-9-12)13-5-3-2-4-10-14-13/h4,6-10,13-14H,2-3,5H2,1H3. The molecule has 2 atom stereocenters. The van der Waals surface area contributed by atoms with Gasteiger partial charge < -0.3 is 5.32 Å². The molecule has 1 N–H and O–H groups in total. The number of rotatable bonds is 2. The summed E-state index contributed by atoms with van der Waals surface area (Å²) in [5, 5.41) is 3.39. The Bertz CT molecular complexity index is 397. The molecule has 1 aliphatic rings. The second-order valence-electron chi connectivity index (χ2n) is 4.08. The van der Waals surface area contributed by atoms with E-state index in [4.69, 9.17) is 0 Å². The van der Waals surface area contributed by atoms with E-state index < -0.39 is 10.8 Å². The lowest BCUT2D eigenvalue weighted by Crippen LogP contribution is -2.13. The van der Waals surface area contributed by atoms with Gasteiger partial charge in [-0.3, -0.25) is 4.21 Å². The van der Waals surface area contributed by atoms with Crippen LogP contribution in [0.15, 0.2) is 41.4 Å². The summed E-state index contributed by atoms with van der Waals surface area (Å²) in [7, 11) is -0.880. The van der Waals surface area contributed by atoms with E-state index in [9.17, 15) is 4.21 Å². The van der Waals surface area contributed by atoms with Crippen molar-refractivity contribution in [3.8, 4) is 0 Å². The summed E-state index contributed by atoms with van der Waals surface area (Å²) in [6.45, 7) is 0. The van der Waals surface area contributed by atoms with Crippen molar-refractivity contribution in [1.29, 1.82) is 0 Å². The summed E-state index contributed by atoms with van der Waals surface area (Å²) >= 11 is 0. The molecule has 0 saturated heterocycles. The molecule has 0 radical (unpaired) electrons. The molecule has 3 heteroatoms. The van der Waals surface area contributed by atoms with E-state index in [1.54, 1.807) is 6.26 Å². The fourth-order valence-corrected chi connectivity index (χ4v) is 2.46. The monoisotopic (exact) mass is 235 g/mol. The van der Waals surface area contributed by atoms with Gasteiger partial charge in [-0.1, -0.05) is 18.2 Å². The summed E-state index contributed by atoms with van der Waals surface area (Å²) in [5.74, 6) is 0. The molecule has 0 fully saturated rings. The van der Waals surface area contributed by atoms with Gasteiger partial charge in [-0.2, -0.15) is 0 Å². The molecular formula is C13H17NOS. The van der Waals surface area contributed by atoms with E-state index >= 15 is 0 Å². The van der Waals surface area contributed by atoms with Crippen molar-refractivity contribution in [1.82, 2.24) is 5.32 Å². The zero-order valence-electron chi connectivity index (χ0n) is 9.48. The Hall–Kier alpha value is -1.09. The maximum Gasteiger partial charge on any atom is 0.0508 e. The number of nitrogens with one attached hydrogen (secondary N) is 1.